The van der Waals surface area contributed by atoms with E-state index in [1.165, 1.54) is 71.3 Å². The normalized spacial score (nSPS) is 16.1. The van der Waals surface area contributed by atoms with Gasteiger partial charge in [-0.3, -0.25) is 38.0 Å². The van der Waals surface area contributed by atoms with E-state index in [2.05, 4.69) is 171 Å². The Hall–Kier alpha value is -7.96. The Morgan fingerprint density at radius 1 is 0.581 bits per heavy atom. The number of rotatable bonds is 14. The van der Waals surface area contributed by atoms with Crippen molar-refractivity contribution in [3.8, 4) is 43.0 Å². The van der Waals surface area contributed by atoms with Crippen molar-refractivity contribution in [2.75, 3.05) is 20.8 Å². The van der Waals surface area contributed by atoms with Crippen molar-refractivity contribution in [2.45, 2.75) is 170 Å². The molecule has 5 aliphatic heterocycles. The van der Waals surface area contributed by atoms with Crippen LogP contribution in [0.2, 0.25) is 4.34 Å². The van der Waals surface area contributed by atoms with Crippen molar-refractivity contribution in [1.82, 2.24) is 92.0 Å². The van der Waals surface area contributed by atoms with Gasteiger partial charge in [0, 0.05) is 139 Å². The molecule has 688 valence electrons. The summed E-state index contributed by atoms with van der Waals surface area (Å²) in [5.74, 6) is 1.05. The predicted octanol–water partition coefficient (Wildman–Crippen LogP) is 11.7. The minimum absolute atomic E-state index is 0. The van der Waals surface area contributed by atoms with Crippen LogP contribution in [0.3, 0.4) is 0 Å². The van der Waals surface area contributed by atoms with E-state index in [4.69, 9.17) is 46.9 Å². The van der Waals surface area contributed by atoms with Crippen LogP contribution in [-0.2, 0) is 119 Å². The molecule has 11 aromatic heterocycles. The molecular formula is C82H94Br5Cl2F2N20NaO14S3. The van der Waals surface area contributed by atoms with Crippen LogP contribution in [-0.4, -0.2) is 181 Å². The van der Waals surface area contributed by atoms with Crippen LogP contribution in [0, 0.1) is 51.4 Å². The number of carbonyl (C=O) groups excluding carboxylic acids is 5. The number of esters is 3. The number of aliphatic carboxylic acids is 1. The summed E-state index contributed by atoms with van der Waals surface area (Å²) in [6.07, 6.45) is 18.1. The molecule has 0 saturated carbocycles. The SMILES string of the molecule is CC(C)(C)OC(=O)CC1CCn2cc(Br)nc2C1.COC(=O)C1CCn2c(nc(Br)c2Br)C1.COC(=O)C1CCn2cc(Br)nc2C1.Cc1nc(-c2cnn(C)c2C(=O)CO)sc1C.Cc1nc(-c2cnn(C)c2C(=O)[O-])sc1C.Cl.Cn1ncc(-c2nc(C(F)F)c(Cl)s2)c1C(=O)O.NC1CCn2cc(-c3ccccc3)nc2C1.O=C(O)C1CCn2cc(Br)nc2C1.[Na+]. The molecule has 0 amide bonds. The number of nitrogens with zero attached hydrogens (tertiary/aromatic N) is 19. The number of benzene rings is 1. The van der Waals surface area contributed by atoms with Crippen molar-refractivity contribution in [3.63, 3.8) is 0 Å². The zero-order valence-electron chi connectivity index (χ0n) is 72.5. The van der Waals surface area contributed by atoms with Gasteiger partial charge in [-0.25, -0.2) is 53.4 Å². The summed E-state index contributed by atoms with van der Waals surface area (Å²) in [7, 11) is 7.55. The van der Waals surface area contributed by atoms with Gasteiger partial charge in [-0.15, -0.1) is 46.4 Å². The molecule has 5 N–H and O–H groups in total. The fraction of sp³-hybridized carbons (Fsp3) is 0.439. The van der Waals surface area contributed by atoms with E-state index in [9.17, 15) is 47.4 Å². The number of alkyl halides is 2. The summed E-state index contributed by atoms with van der Waals surface area (Å²) < 4.78 is 58.4. The summed E-state index contributed by atoms with van der Waals surface area (Å²) in [4.78, 5) is 115. The zero-order chi connectivity index (χ0) is 92.7. The van der Waals surface area contributed by atoms with Crippen molar-refractivity contribution in [3.05, 3.63) is 174 Å². The first-order chi connectivity index (χ1) is 60.1. The summed E-state index contributed by atoms with van der Waals surface area (Å²) in [6.45, 7) is 17.3. The molecule has 129 heavy (non-hydrogen) atoms. The third kappa shape index (κ3) is 28.3. The minimum atomic E-state index is -2.80. The molecular weight excluding hydrogens is 2120 g/mol. The Bertz CT molecular complexity index is 5880. The van der Waals surface area contributed by atoms with Gasteiger partial charge in [-0.05, 0) is 166 Å². The number of Topliss-reactive ketones (excluding diaryl/α,β-unsaturated/α-hetero) is 1. The van der Waals surface area contributed by atoms with Crippen molar-refractivity contribution >= 4 is 179 Å². The first-order valence-electron chi connectivity index (χ1n) is 39.6. The van der Waals surface area contributed by atoms with Crippen LogP contribution in [0.5, 0.6) is 0 Å². The molecule has 0 saturated heterocycles. The number of ether oxygens (including phenoxy) is 3. The molecule has 47 heteroatoms. The van der Waals surface area contributed by atoms with E-state index in [-0.39, 0.29) is 116 Å². The first-order valence-corrected chi connectivity index (χ1v) is 46.4. The van der Waals surface area contributed by atoms with E-state index < -0.39 is 42.2 Å². The fourth-order valence-corrected chi connectivity index (χ4v) is 19.3. The molecule has 0 fully saturated rings. The quantitative estimate of drug-likeness (QED) is 0.0340. The van der Waals surface area contributed by atoms with Gasteiger partial charge in [-0.2, -0.15) is 15.3 Å². The van der Waals surface area contributed by atoms with Crippen molar-refractivity contribution in [2.24, 2.45) is 50.5 Å². The number of aliphatic hydroxyl groups is 1. The number of aromatic carboxylic acids is 2. The van der Waals surface area contributed by atoms with Crippen LogP contribution in [0.1, 0.15) is 153 Å². The number of imidazole rings is 5. The van der Waals surface area contributed by atoms with Gasteiger partial charge in [0.25, 0.3) is 6.43 Å². The number of nitrogens with two attached hydrogens (primary N) is 1. The van der Waals surface area contributed by atoms with E-state index in [1.54, 1.807) is 20.3 Å². The van der Waals surface area contributed by atoms with E-state index in [1.807, 2.05) is 89.8 Å². The first kappa shape index (κ1) is 106. The molecule has 17 rings (SSSR count). The number of methoxy groups -OCH3 is 2. The second kappa shape index (κ2) is 48.1. The molecule has 5 atom stereocenters. The molecule has 5 aliphatic rings. The molecule has 0 spiro atoms. The average Bonchev–Trinajstić information content (AvgIpc) is 1.67. The average molecular weight is 2210 g/mol. The van der Waals surface area contributed by atoms with Crippen LogP contribution < -0.4 is 40.4 Å². The number of fused-ring (bicyclic) bond motifs is 5. The van der Waals surface area contributed by atoms with E-state index in [0.29, 0.717) is 59.9 Å². The molecule has 12 aromatic rings. The third-order valence-corrected chi connectivity index (χ3v) is 27.3. The number of hydrogen-bond donors (Lipinski definition) is 4. The monoisotopic (exact) mass is 2200 g/mol. The topological polar surface area (TPSA) is 438 Å². The van der Waals surface area contributed by atoms with Crippen LogP contribution >= 0.6 is 138 Å². The maximum atomic E-state index is 12.5. The number of aliphatic hydroxyl groups excluding tert-OH is 1. The smallest absolute Gasteiger partial charge is 0.543 e. The number of carbonyl (C=O) groups is 7. The Morgan fingerprint density at radius 3 is 1.50 bits per heavy atom. The van der Waals surface area contributed by atoms with Crippen LogP contribution in [0.4, 0.5) is 8.78 Å². The number of carboxylic acids is 3. The second-order valence-corrected chi connectivity index (χ2v) is 38.8. The molecule has 34 nitrogen and oxygen atoms in total. The maximum absolute atomic E-state index is 12.5. The van der Waals surface area contributed by atoms with Gasteiger partial charge < -0.3 is 68.0 Å². The number of carboxylic acid groups (broad SMARTS) is 3. The standard InChI is InChI=1S/C13H19BrN2O2.C13H15N3.C11H13N3O2S.C10H11N3O2S.C9H10Br2N2O2.C9H11BrN2O2.C9H6ClF2N3O2S.C8H9BrN2O2.ClH.Na/c1-13(2,3)18-12(17)7-9-4-5-16-8-10(14)15-11(16)6-9;14-11-6-7-16-9-12(15-13(16)8-11)10-4-2-1-3-5-10;1-6-7(2)17-11(13-6)8-4-12-14(3)10(8)9(16)5-15;1-5-6(2)16-9(12-5)7-4-11-13(3)8(7)10(14)15;1-15-9(14)5-2-3-13-6(4-5)12-7(10)8(13)11;1-14-9(13)6-2-3-12-5-7(10)11-8(12)4-6;1-15-5(9(16)17)3(2-13-15)8-14-4(7(11)12)6(10)18-8;9-6-4-11-2-1-5(8(12)13)3-7(11)10-6;;/h8-9H,4-7H2,1-3H3;1-5,9,11H,6-8,14H2;4,15H,5H2,1-3H3;4H,1-3H3,(H,14,15);5H,2-4H2,1H3;5-6H,2-4H2,1H3;2,7H,1H3,(H,16,17);4-5H,1-3H2,(H,12,13);1H;/q;;;;;;;;;+1/p-1. The largest absolute Gasteiger partial charge is 1.00 e. The molecule has 0 aliphatic carbocycles. The number of ketones is 1. The zero-order valence-corrected chi connectivity index (χ0v) is 86.4. The minimum Gasteiger partial charge on any atom is -0.543 e. The number of aromatic nitrogens is 19. The molecule has 0 bridgehead atoms. The Labute approximate surface area is 828 Å². The van der Waals surface area contributed by atoms with Gasteiger partial charge in [-0.1, -0.05) is 41.9 Å². The van der Waals surface area contributed by atoms with Crippen LogP contribution in [0.25, 0.3) is 43.0 Å². The summed E-state index contributed by atoms with van der Waals surface area (Å²) in [6, 6.07) is 10.6. The molecule has 1 aromatic carbocycles. The van der Waals surface area contributed by atoms with Crippen LogP contribution in [0.15, 0.2) is 96.7 Å². The number of thiazole rings is 3. The summed E-state index contributed by atoms with van der Waals surface area (Å²) >= 11 is 26.2. The Balaban J connectivity index is 0.000000182. The number of hydrogen-bond acceptors (Lipinski definition) is 27. The Kier molecular flexibility index (Phi) is 39.7. The third-order valence-electron chi connectivity index (χ3n) is 20.7. The summed E-state index contributed by atoms with van der Waals surface area (Å²) in [5, 5.41) is 51.1. The molecule has 0 radical (unpaired) electrons. The van der Waals surface area contributed by atoms with Gasteiger partial charge in [0.15, 0.2) is 5.69 Å². The van der Waals surface area contributed by atoms with Gasteiger partial charge in [0.2, 0.25) is 5.78 Å². The Morgan fingerprint density at radius 2 is 1.02 bits per heavy atom. The van der Waals surface area contributed by atoms with Crippen molar-refractivity contribution in [1.29, 1.82) is 0 Å². The summed E-state index contributed by atoms with van der Waals surface area (Å²) in [5.41, 5.74) is 10.8. The fourth-order valence-electron chi connectivity index (χ4n) is 14.0. The number of aryl methyl sites for hydroxylation is 11. The van der Waals surface area contributed by atoms with E-state index in [0.717, 1.165) is 171 Å². The predicted molar refractivity (Wildman–Crippen MR) is 493 cm³/mol. The van der Waals surface area contributed by atoms with Gasteiger partial charge in [0.05, 0.1) is 96.0 Å². The molecule has 5 unspecified atom stereocenters. The maximum Gasteiger partial charge on any atom is 1.00 e. The second-order valence-electron chi connectivity index (χ2n) is 30.8. The van der Waals surface area contributed by atoms with E-state index >= 15 is 0 Å². The molecule has 16 heterocycles. The van der Waals surface area contributed by atoms with Crippen molar-refractivity contribution < 1.29 is 107 Å². The van der Waals surface area contributed by atoms with Gasteiger partial charge >= 0.3 is 59.4 Å². The van der Waals surface area contributed by atoms with Gasteiger partial charge in [0.1, 0.15) is 95.1 Å². The number of halogens is 9.